The Balaban J connectivity index is 0.000000128. The summed E-state index contributed by atoms with van der Waals surface area (Å²) < 4.78 is 51.5. The summed E-state index contributed by atoms with van der Waals surface area (Å²) >= 11 is 0. The van der Waals surface area contributed by atoms with E-state index in [0.29, 0.717) is 48.7 Å². The van der Waals surface area contributed by atoms with Crippen LogP contribution < -0.4 is 34.3 Å². The molecule has 0 aliphatic rings. The number of para-hydroxylation sites is 2. The third-order valence-electron chi connectivity index (χ3n) is 24.7. The van der Waals surface area contributed by atoms with Gasteiger partial charge in [-0.05, 0) is 266 Å². The van der Waals surface area contributed by atoms with Crippen LogP contribution in [0.5, 0.6) is 28.9 Å². The number of pyridine rings is 6. The van der Waals surface area contributed by atoms with E-state index in [-0.39, 0.29) is 5.82 Å². The number of nitrogens with one attached hydrogen (secondary N) is 2. The van der Waals surface area contributed by atoms with Crippen LogP contribution in [-0.2, 0) is 77.8 Å². The lowest BCUT2D eigenvalue weighted by molar-refractivity contribution is 0.398. The molecule has 0 bridgehead atoms. The molecule has 0 amide bonds. The van der Waals surface area contributed by atoms with Crippen molar-refractivity contribution in [1.29, 1.82) is 0 Å². The van der Waals surface area contributed by atoms with Crippen molar-refractivity contribution in [3.8, 4) is 84.5 Å². The summed E-state index contributed by atoms with van der Waals surface area (Å²) in [5.41, 5.74) is 29.5. The zero-order chi connectivity index (χ0) is 99.7. The molecule has 20 aromatic rings. The minimum Gasteiger partial charge on any atom is -0.497 e. The lowest BCUT2D eigenvalue weighted by Gasteiger charge is -2.13. The molecule has 0 saturated carbocycles. The lowest BCUT2D eigenvalue weighted by Crippen LogP contribution is -2.10. The number of halogens is 1. The van der Waals surface area contributed by atoms with E-state index in [1.165, 1.54) is 44.6 Å². The van der Waals surface area contributed by atoms with Crippen molar-refractivity contribution >= 4 is 39.9 Å². The second-order valence-electron chi connectivity index (χ2n) is 36.0. The molecule has 9 aromatic carbocycles. The molecule has 11 aromatic heterocycles. The molecule has 0 saturated heterocycles. The number of aromatic nitrogens is 16. The van der Waals surface area contributed by atoms with Gasteiger partial charge in [0.25, 0.3) is 0 Å². The van der Waals surface area contributed by atoms with Crippen LogP contribution in [0.1, 0.15) is 72.7 Å². The third-order valence-corrected chi connectivity index (χ3v) is 24.7. The molecular formula is C115H121FN22O5. The number of ether oxygens (including phenoxy) is 5. The van der Waals surface area contributed by atoms with Gasteiger partial charge in [0.15, 0.2) is 28.2 Å². The van der Waals surface area contributed by atoms with E-state index in [4.69, 9.17) is 23.7 Å². The summed E-state index contributed by atoms with van der Waals surface area (Å²) in [7, 11) is 24.8. The van der Waals surface area contributed by atoms with Crippen molar-refractivity contribution in [2.24, 2.45) is 0 Å². The van der Waals surface area contributed by atoms with Crippen LogP contribution >= 0.6 is 0 Å². The average Bonchev–Trinajstić information content (AvgIpc) is 1.74. The zero-order valence-corrected chi connectivity index (χ0v) is 83.4. The van der Waals surface area contributed by atoms with E-state index in [9.17, 15) is 4.39 Å². The summed E-state index contributed by atoms with van der Waals surface area (Å²) in [6.07, 6.45) is 15.4. The van der Waals surface area contributed by atoms with Crippen LogP contribution in [0, 0.1) is 12.7 Å². The maximum absolute atomic E-state index is 14.7. The Hall–Kier alpha value is -16.4. The number of anilines is 2. The van der Waals surface area contributed by atoms with E-state index in [1.807, 2.05) is 96.7 Å². The second kappa shape index (κ2) is 48.0. The Morgan fingerprint density at radius 3 is 1.08 bits per heavy atom. The Bertz CT molecular complexity index is 7550. The van der Waals surface area contributed by atoms with Crippen LogP contribution in [0.3, 0.4) is 0 Å². The lowest BCUT2D eigenvalue weighted by atomic mass is 10.0. The van der Waals surface area contributed by atoms with Gasteiger partial charge in [-0.25, -0.2) is 9.37 Å². The topological polar surface area (TPSA) is 247 Å². The molecule has 0 spiro atoms. The number of hydrogen-bond donors (Lipinski definition) is 2. The van der Waals surface area contributed by atoms with Crippen LogP contribution in [0.25, 0.3) is 83.9 Å². The minimum absolute atomic E-state index is 0.200. The molecule has 2 N–H and O–H groups in total. The average molecular weight is 1910 g/mol. The Labute approximate surface area is 833 Å². The summed E-state index contributed by atoms with van der Waals surface area (Å²) in [4.78, 5) is 12.9. The molecule has 0 atom stereocenters. The van der Waals surface area contributed by atoms with E-state index in [2.05, 4.69) is 353 Å². The molecule has 27 nitrogen and oxygen atoms in total. The Kier molecular flexibility index (Phi) is 33.4. The van der Waals surface area contributed by atoms with Crippen molar-refractivity contribution in [2.45, 2.75) is 84.7 Å². The molecule has 28 heteroatoms. The molecule has 0 unspecified atom stereocenters. The highest BCUT2D eigenvalue weighted by atomic mass is 19.1. The van der Waals surface area contributed by atoms with Crippen molar-refractivity contribution < 1.29 is 28.1 Å². The quantitative estimate of drug-likeness (QED) is 0.0388. The van der Waals surface area contributed by atoms with Crippen molar-refractivity contribution in [2.75, 3.05) is 103 Å². The first-order valence-electron chi connectivity index (χ1n) is 47.5. The Morgan fingerprint density at radius 2 is 0.664 bits per heavy atom. The molecule has 728 valence electrons. The third kappa shape index (κ3) is 25.1. The van der Waals surface area contributed by atoms with Gasteiger partial charge in [-0.2, -0.15) is 0 Å². The largest absolute Gasteiger partial charge is 0.497 e. The molecule has 0 radical (unpaired) electrons. The molecule has 20 rings (SSSR count). The fraction of sp³-hybridized carbons (Fsp3) is 0.226. The number of methoxy groups -OCH3 is 5. The Morgan fingerprint density at radius 1 is 0.294 bits per heavy atom. The highest BCUT2D eigenvalue weighted by Crippen LogP contribution is 2.35. The molecule has 0 aliphatic heterocycles. The zero-order valence-electron chi connectivity index (χ0n) is 83.4. The highest BCUT2D eigenvalue weighted by molar-refractivity contribution is 5.83. The van der Waals surface area contributed by atoms with Crippen molar-refractivity contribution in [1.82, 2.24) is 97.6 Å². The highest BCUT2D eigenvalue weighted by Gasteiger charge is 2.21. The van der Waals surface area contributed by atoms with Crippen molar-refractivity contribution in [3.63, 3.8) is 0 Å². The number of fused-ring (bicyclic) bond motifs is 5. The summed E-state index contributed by atoms with van der Waals surface area (Å²) in [5.74, 6) is 5.49. The van der Waals surface area contributed by atoms with Gasteiger partial charge >= 0.3 is 0 Å². The van der Waals surface area contributed by atoms with Gasteiger partial charge in [-0.15, -0.1) is 51.0 Å². The number of hydrogen-bond acceptors (Lipinski definition) is 22. The van der Waals surface area contributed by atoms with Crippen molar-refractivity contribution in [3.05, 3.63) is 401 Å². The van der Waals surface area contributed by atoms with Crippen LogP contribution in [0.15, 0.2) is 323 Å². The van der Waals surface area contributed by atoms with Gasteiger partial charge in [0.05, 0.1) is 35.5 Å². The van der Waals surface area contributed by atoms with E-state index >= 15 is 0 Å². The van der Waals surface area contributed by atoms with Crippen LogP contribution in [0.4, 0.5) is 16.0 Å². The van der Waals surface area contributed by atoms with Gasteiger partial charge in [-0.3, -0.25) is 22.0 Å². The second-order valence-corrected chi connectivity index (χ2v) is 36.0. The van der Waals surface area contributed by atoms with E-state index < -0.39 is 0 Å². The standard InChI is InChI=1S/C25H27FN4O.2C23H25N5O.C23H24N4.C21H20N4O2/c1-17-5-14-23(31-4)22(24(17)26)13-11-20-10-12-21(25-28-27-16-30(20)25)19-8-6-18(7-9-19)15-29(2)3;1-27(2)15-17-7-9-19(10-8-17)21-11-12-22(28-16-25-26-23(21)28)24-14-18-5-4-6-20(13-18)29-3;1-27(2)15-17-8-10-18(11-9-17)20-12-13-22(28-16-25-26-23(20)28)24-14-19-6-4-5-7-21(19)29-3;1-26(2)16-19-8-11-20(12-9-19)22-15-14-21(27-17-24-25-23(22)27)13-10-18-6-4-3-5-7-18;1-26-19-6-4-3-5-15(19)7-9-17-10-11-18(21-24-23-14-25(17)21)16-8-12-20(27-2)22-13-16/h5-10,12,14,16H,11,13,15H2,1-4H3;2*4-13,16,24H,14-15H2,1-3H3;3-9,11-12,14-15,17H,10,13,16H2,1-2H3;3-6,8,10-14H,7,9H2,1-2H3. The minimum atomic E-state index is -0.200. The van der Waals surface area contributed by atoms with Gasteiger partial charge in [0.2, 0.25) is 5.88 Å². The van der Waals surface area contributed by atoms with Crippen LogP contribution in [0.2, 0.25) is 0 Å². The summed E-state index contributed by atoms with van der Waals surface area (Å²) in [6, 6.07) is 97.6. The molecule has 0 fully saturated rings. The number of benzene rings is 9. The predicted molar refractivity (Wildman–Crippen MR) is 566 cm³/mol. The fourth-order valence-corrected chi connectivity index (χ4v) is 17.5. The first kappa shape index (κ1) is 99.6. The van der Waals surface area contributed by atoms with Crippen LogP contribution in [-0.4, -0.2) is 190 Å². The summed E-state index contributed by atoms with van der Waals surface area (Å²) in [5, 5.41) is 49.4. The molecule has 0 aliphatic carbocycles. The van der Waals surface area contributed by atoms with Gasteiger partial charge in [0, 0.05) is 113 Å². The molecular weight excluding hydrogens is 1790 g/mol. The first-order valence-corrected chi connectivity index (χ1v) is 47.5. The smallest absolute Gasteiger partial charge is 0.212 e. The predicted octanol–water partition coefficient (Wildman–Crippen LogP) is 20.7. The van der Waals surface area contributed by atoms with E-state index in [1.54, 1.807) is 80.0 Å². The maximum atomic E-state index is 14.7. The van der Waals surface area contributed by atoms with Gasteiger partial charge in [0.1, 0.15) is 72.1 Å². The SMILES string of the molecule is CN(C)Cc1ccc(-c2ccc(CCc3ccccc3)n3cnnc23)cc1.COc1ccc(-c2ccc(CCc3ccccc3OC)n3cnnc23)cn1.COc1ccc(C)c(F)c1CCc1ccc(-c2ccc(CN(C)C)cc2)c2nncn12.COc1cccc(CNc2ccc(-c3ccc(CN(C)C)cc3)c3nncn23)c1.COc1ccccc1CNc1ccc(-c2ccc(CN(C)C)cc2)c2nncn12. The number of rotatable bonds is 33. The molecule has 11 heterocycles. The summed E-state index contributed by atoms with van der Waals surface area (Å²) in [6.45, 7) is 6.80. The monoisotopic (exact) mass is 1910 g/mol. The van der Waals surface area contributed by atoms with Gasteiger partial charge < -0.3 is 53.9 Å². The van der Waals surface area contributed by atoms with E-state index in [0.717, 1.165) is 182 Å². The maximum Gasteiger partial charge on any atom is 0.212 e. The normalized spacial score (nSPS) is 11.2. The fourth-order valence-electron chi connectivity index (χ4n) is 17.5. The van der Waals surface area contributed by atoms with Gasteiger partial charge in [-0.1, -0.05) is 182 Å². The molecule has 143 heavy (non-hydrogen) atoms. The number of aryl methyl sites for hydroxylation is 6. The number of nitrogens with zero attached hydrogens (tertiary/aromatic N) is 20. The first-order chi connectivity index (χ1) is 69.8.